The normalized spacial score (nSPS) is 11.6. The molecule has 21 heavy (non-hydrogen) atoms. The molecule has 0 aliphatic rings. The maximum atomic E-state index is 10.7. The third-order valence-corrected chi connectivity index (χ3v) is 3.73. The Kier molecular flexibility index (Phi) is 7.83. The fraction of sp³-hybridized carbons (Fsp3) is 0.333. The van der Waals surface area contributed by atoms with Gasteiger partial charge in [0.15, 0.2) is 15.0 Å². The smallest absolute Gasteiger partial charge is 0.485 e. The van der Waals surface area contributed by atoms with E-state index in [1.165, 1.54) is 4.90 Å². The van der Waals surface area contributed by atoms with Crippen LogP contribution in [0.5, 0.6) is 5.75 Å². The molecule has 0 N–H and O–H groups in total. The summed E-state index contributed by atoms with van der Waals surface area (Å²) in [6.45, 7) is 4.17. The van der Waals surface area contributed by atoms with Crippen molar-refractivity contribution in [1.29, 1.82) is 0 Å². The highest BCUT2D eigenvalue weighted by Gasteiger charge is 2.36. The first-order valence-electron chi connectivity index (χ1n) is 5.42. The number of hydrogen-bond acceptors (Lipinski definition) is 4. The highest BCUT2D eigenvalue weighted by Crippen LogP contribution is 2.20. The average molecular weight is 344 g/mol. The molecule has 0 aromatic heterocycles. The van der Waals surface area contributed by atoms with Crippen molar-refractivity contribution in [1.82, 2.24) is 0 Å². The zero-order chi connectivity index (χ0) is 16.7. The predicted octanol–water partition coefficient (Wildman–Crippen LogP) is 2.54. The summed E-state index contributed by atoms with van der Waals surface area (Å²) >= 11 is 0. The van der Waals surface area contributed by atoms with Crippen molar-refractivity contribution in [2.75, 3.05) is 19.1 Å². The van der Waals surface area contributed by atoms with E-state index in [0.29, 0.717) is 17.5 Å². The van der Waals surface area contributed by atoms with Gasteiger partial charge in [0.05, 0.1) is 0 Å². The lowest BCUT2D eigenvalue weighted by Crippen LogP contribution is -2.21. The molecule has 0 unspecified atom stereocenters. The van der Waals surface area contributed by atoms with Crippen LogP contribution in [0, 0.1) is 0 Å². The fourth-order valence-corrected chi connectivity index (χ4v) is 1.64. The highest BCUT2D eigenvalue weighted by atomic mass is 32.2. The van der Waals surface area contributed by atoms with E-state index in [4.69, 9.17) is 17.7 Å². The molecular formula is C12H15F3O4S2. The van der Waals surface area contributed by atoms with Crippen LogP contribution in [0.1, 0.15) is 0 Å². The Bertz CT molecular complexity index is 537. The summed E-state index contributed by atoms with van der Waals surface area (Å²) < 4.78 is 64.3. The van der Waals surface area contributed by atoms with Crippen molar-refractivity contribution in [2.45, 2.75) is 10.4 Å². The summed E-state index contributed by atoms with van der Waals surface area (Å²) in [5.41, 5.74) is -5.65. The van der Waals surface area contributed by atoms with Crippen molar-refractivity contribution < 1.29 is 30.9 Å². The van der Waals surface area contributed by atoms with E-state index >= 15 is 0 Å². The van der Waals surface area contributed by atoms with Gasteiger partial charge in [-0.15, -0.1) is 0 Å². The number of benzene rings is 1. The van der Waals surface area contributed by atoms with E-state index in [9.17, 15) is 13.2 Å². The number of hydrogen-bond donors (Lipinski definition) is 0. The molecule has 0 heterocycles. The molecule has 0 aliphatic carbocycles. The molecule has 0 saturated heterocycles. The topological polar surface area (TPSA) is 66.4 Å². The van der Waals surface area contributed by atoms with Gasteiger partial charge in [0, 0.05) is 10.9 Å². The summed E-state index contributed by atoms with van der Waals surface area (Å²) in [7, 11) is -5.76. The van der Waals surface area contributed by atoms with E-state index < -0.39 is 15.6 Å². The fourth-order valence-electron chi connectivity index (χ4n) is 0.963. The molecule has 120 valence electrons. The van der Waals surface area contributed by atoms with Crippen molar-refractivity contribution >= 4 is 21.0 Å². The largest absolute Gasteiger partial charge is 0.741 e. The van der Waals surface area contributed by atoms with Gasteiger partial charge >= 0.3 is 5.51 Å². The Morgan fingerprint density at radius 3 is 2.00 bits per heavy atom. The Morgan fingerprint density at radius 2 is 1.71 bits per heavy atom. The lowest BCUT2D eigenvalue weighted by molar-refractivity contribution is -0.0517. The van der Waals surface area contributed by atoms with Gasteiger partial charge in [-0.05, 0) is 24.3 Å². The first-order chi connectivity index (χ1) is 9.49. The lowest BCUT2D eigenvalue weighted by Gasteiger charge is -2.08. The molecule has 1 aromatic rings. The monoisotopic (exact) mass is 344 g/mol. The summed E-state index contributed by atoms with van der Waals surface area (Å²) in [4.78, 5) is 1.37. The van der Waals surface area contributed by atoms with Crippen molar-refractivity contribution in [2.24, 2.45) is 0 Å². The summed E-state index contributed by atoms with van der Waals surface area (Å²) in [5, 5.41) is 0. The zero-order valence-corrected chi connectivity index (χ0v) is 13.0. The average Bonchev–Trinajstić information content (AvgIpc) is 2.35. The maximum Gasteiger partial charge on any atom is 0.485 e. The minimum Gasteiger partial charge on any atom is -0.741 e. The Labute approximate surface area is 124 Å². The first kappa shape index (κ1) is 19.8. The molecule has 0 radical (unpaired) electrons. The van der Waals surface area contributed by atoms with Crippen LogP contribution in [0.2, 0.25) is 0 Å². The summed E-state index contributed by atoms with van der Waals surface area (Å²) in [5.74, 6) is 0.911. The van der Waals surface area contributed by atoms with Crippen LogP contribution in [0.4, 0.5) is 13.2 Å². The van der Waals surface area contributed by atoms with Crippen LogP contribution in [-0.4, -0.2) is 37.6 Å². The molecular weight excluding hydrogens is 329 g/mol. The van der Waals surface area contributed by atoms with Gasteiger partial charge in [-0.2, -0.15) is 13.2 Å². The molecule has 0 aliphatic heterocycles. The second kappa shape index (κ2) is 8.30. The van der Waals surface area contributed by atoms with Gasteiger partial charge in [-0.25, -0.2) is 8.42 Å². The third-order valence-electron chi connectivity index (χ3n) is 1.95. The number of halogens is 3. The van der Waals surface area contributed by atoms with Crippen LogP contribution in [0.25, 0.3) is 0 Å². The third kappa shape index (κ3) is 7.98. The van der Waals surface area contributed by atoms with Gasteiger partial charge in [0.1, 0.15) is 24.9 Å². The minimum atomic E-state index is -6.09. The van der Waals surface area contributed by atoms with E-state index in [1.54, 1.807) is 6.08 Å². The molecule has 1 rings (SSSR count). The maximum absolute atomic E-state index is 10.7. The van der Waals surface area contributed by atoms with Gasteiger partial charge < -0.3 is 9.29 Å². The molecule has 0 saturated carbocycles. The minimum absolute atomic E-state index is 0.331. The van der Waals surface area contributed by atoms with Crippen molar-refractivity contribution in [3.05, 3.63) is 36.9 Å². The van der Waals surface area contributed by atoms with Crippen LogP contribution in [0.3, 0.4) is 0 Å². The molecule has 0 spiro atoms. The van der Waals surface area contributed by atoms with E-state index in [1.807, 2.05) is 12.1 Å². The first-order valence-corrected chi connectivity index (χ1v) is 8.87. The molecule has 0 bridgehead atoms. The van der Waals surface area contributed by atoms with Crippen LogP contribution in [0.15, 0.2) is 41.8 Å². The Balaban J connectivity index is 0.000000433. The number of rotatable bonds is 4. The van der Waals surface area contributed by atoms with Crippen molar-refractivity contribution in [3.63, 3.8) is 0 Å². The van der Waals surface area contributed by atoms with E-state index in [0.717, 1.165) is 5.75 Å². The number of ether oxygens (including phenoxy) is 1. The SMILES string of the molecule is C=CCOc1ccc([S+](C)C)cc1.O=S(=O)([O-])C(F)(F)F. The standard InChI is InChI=1S/C11H15OS.CHF3O3S/c1-4-9-12-10-5-7-11(8-6-10)13(2)3;2-1(3,4)8(5,6)7/h4-8H,1,9H2,2-3H3;(H,5,6,7)/q+1;/p-1. The molecule has 0 atom stereocenters. The van der Waals surface area contributed by atoms with E-state index in [-0.39, 0.29) is 0 Å². The van der Waals surface area contributed by atoms with Gasteiger partial charge in [-0.3, -0.25) is 0 Å². The molecule has 9 heteroatoms. The quantitative estimate of drug-likeness (QED) is 0.364. The molecule has 0 amide bonds. The van der Waals surface area contributed by atoms with Crippen molar-refractivity contribution in [3.8, 4) is 5.75 Å². The van der Waals surface area contributed by atoms with E-state index in [2.05, 4.69) is 31.2 Å². The predicted molar refractivity (Wildman–Crippen MR) is 75.4 cm³/mol. The second-order valence-corrected chi connectivity index (χ2v) is 7.26. The van der Waals surface area contributed by atoms with Gasteiger partial charge in [0.25, 0.3) is 0 Å². The Morgan fingerprint density at radius 1 is 1.29 bits per heavy atom. The molecule has 4 nitrogen and oxygen atoms in total. The lowest BCUT2D eigenvalue weighted by atomic mass is 10.3. The zero-order valence-electron chi connectivity index (χ0n) is 11.4. The Hall–Kier alpha value is -1.19. The van der Waals surface area contributed by atoms with Crippen LogP contribution in [-0.2, 0) is 21.0 Å². The number of alkyl halides is 3. The second-order valence-electron chi connectivity index (χ2n) is 3.79. The molecule has 0 fully saturated rings. The van der Waals surface area contributed by atoms with Crippen LogP contribution < -0.4 is 4.74 Å². The van der Waals surface area contributed by atoms with Gasteiger partial charge in [0.2, 0.25) is 0 Å². The highest BCUT2D eigenvalue weighted by molar-refractivity contribution is 7.95. The van der Waals surface area contributed by atoms with Crippen LogP contribution >= 0.6 is 0 Å². The summed E-state index contributed by atoms with van der Waals surface area (Å²) in [6.07, 6.45) is 6.16. The van der Waals surface area contributed by atoms with Gasteiger partial charge in [-0.1, -0.05) is 12.7 Å². The molecule has 1 aromatic carbocycles. The summed E-state index contributed by atoms with van der Waals surface area (Å²) in [6, 6.07) is 8.24.